The Morgan fingerprint density at radius 2 is 1.47 bits per heavy atom. The van der Waals surface area contributed by atoms with Crippen LogP contribution in [0.15, 0.2) is 72.8 Å². The lowest BCUT2D eigenvalue weighted by molar-refractivity contribution is -0.140. The van der Waals surface area contributed by atoms with Crippen LogP contribution >= 0.6 is 0 Å². The zero-order valence-electron chi connectivity index (χ0n) is 16.6. The Bertz CT molecular complexity index is 1030. The lowest BCUT2D eigenvalue weighted by atomic mass is 9.83. The molecule has 6 heteroatoms. The first kappa shape index (κ1) is 21.6. The van der Waals surface area contributed by atoms with Crippen LogP contribution in [0.1, 0.15) is 36.1 Å². The molecule has 3 rings (SSSR count). The topological polar surface area (TPSA) is 29.1 Å². The number of carbonyl (C=O) groups excluding carboxylic acids is 1. The fraction of sp³-hybridized carbons (Fsp3) is 0.208. The number of anilines is 1. The highest BCUT2D eigenvalue weighted by molar-refractivity contribution is 5.98. The summed E-state index contributed by atoms with van der Waals surface area (Å²) >= 11 is 0. The van der Waals surface area contributed by atoms with Gasteiger partial charge in [0.15, 0.2) is 0 Å². The molecule has 0 aliphatic rings. The summed E-state index contributed by atoms with van der Waals surface area (Å²) in [6, 6.07) is 19.9. The summed E-state index contributed by atoms with van der Waals surface area (Å²) in [4.78, 5) is 12.8. The van der Waals surface area contributed by atoms with E-state index < -0.39 is 28.9 Å². The van der Waals surface area contributed by atoms with Crippen molar-refractivity contribution in [1.82, 2.24) is 0 Å². The van der Waals surface area contributed by atoms with Gasteiger partial charge in [-0.25, -0.2) is 4.39 Å². The van der Waals surface area contributed by atoms with Crippen molar-refractivity contribution in [3.05, 3.63) is 101 Å². The third kappa shape index (κ3) is 4.87. The summed E-state index contributed by atoms with van der Waals surface area (Å²) in [5.74, 6) is -1.87. The Labute approximate surface area is 172 Å². The van der Waals surface area contributed by atoms with Crippen molar-refractivity contribution >= 4 is 11.6 Å². The first-order chi connectivity index (χ1) is 14.1. The molecule has 30 heavy (non-hydrogen) atoms. The van der Waals surface area contributed by atoms with Gasteiger partial charge in [0, 0.05) is 5.69 Å². The number of nitrogens with one attached hydrogen (secondary N) is 1. The van der Waals surface area contributed by atoms with E-state index in [0.717, 1.165) is 23.6 Å². The highest BCUT2D eigenvalue weighted by Gasteiger charge is 2.35. The molecule has 0 aliphatic carbocycles. The van der Waals surface area contributed by atoms with Crippen LogP contribution in [0.25, 0.3) is 0 Å². The number of hydrogen-bond acceptors (Lipinski definition) is 1. The minimum absolute atomic E-state index is 0.109. The lowest BCUT2D eigenvalue weighted by Crippen LogP contribution is -2.34. The SMILES string of the molecule is CC(C)(C(=O)Nc1ccc(F)c(C(F)(F)F)c1)c1ccc(Cc2ccccc2)cc1. The number of benzene rings is 3. The van der Waals surface area contributed by atoms with Crippen LogP contribution in [0.5, 0.6) is 0 Å². The van der Waals surface area contributed by atoms with Gasteiger partial charge in [-0.3, -0.25) is 4.79 Å². The van der Waals surface area contributed by atoms with E-state index in [0.29, 0.717) is 12.1 Å². The van der Waals surface area contributed by atoms with Gasteiger partial charge in [0.25, 0.3) is 0 Å². The van der Waals surface area contributed by atoms with E-state index in [4.69, 9.17) is 0 Å². The van der Waals surface area contributed by atoms with Crippen molar-refractivity contribution < 1.29 is 22.4 Å². The molecule has 0 unspecified atom stereocenters. The minimum atomic E-state index is -4.84. The lowest BCUT2D eigenvalue weighted by Gasteiger charge is -2.25. The van der Waals surface area contributed by atoms with Crippen LogP contribution in [-0.4, -0.2) is 5.91 Å². The molecule has 0 heterocycles. The molecule has 1 amide bonds. The van der Waals surface area contributed by atoms with Gasteiger partial charge < -0.3 is 5.32 Å². The highest BCUT2D eigenvalue weighted by Crippen LogP contribution is 2.33. The van der Waals surface area contributed by atoms with Gasteiger partial charge in [0.1, 0.15) is 5.82 Å². The number of halogens is 4. The number of amides is 1. The van der Waals surface area contributed by atoms with Crippen molar-refractivity contribution in [2.45, 2.75) is 31.9 Å². The van der Waals surface area contributed by atoms with Crippen molar-refractivity contribution in [2.75, 3.05) is 5.32 Å². The van der Waals surface area contributed by atoms with E-state index in [-0.39, 0.29) is 5.69 Å². The van der Waals surface area contributed by atoms with Crippen LogP contribution in [0.4, 0.5) is 23.2 Å². The normalized spacial score (nSPS) is 11.9. The van der Waals surface area contributed by atoms with E-state index in [1.54, 1.807) is 13.8 Å². The largest absolute Gasteiger partial charge is 0.419 e. The monoisotopic (exact) mass is 415 g/mol. The van der Waals surface area contributed by atoms with Crippen LogP contribution in [0.2, 0.25) is 0 Å². The molecule has 0 aromatic heterocycles. The van der Waals surface area contributed by atoms with E-state index in [1.165, 1.54) is 5.56 Å². The first-order valence-corrected chi connectivity index (χ1v) is 9.39. The quantitative estimate of drug-likeness (QED) is 0.483. The zero-order valence-corrected chi connectivity index (χ0v) is 16.6. The number of alkyl halides is 3. The minimum Gasteiger partial charge on any atom is -0.325 e. The fourth-order valence-electron chi connectivity index (χ4n) is 3.11. The van der Waals surface area contributed by atoms with Gasteiger partial charge >= 0.3 is 6.18 Å². The summed E-state index contributed by atoms with van der Waals surface area (Å²) < 4.78 is 52.2. The Kier molecular flexibility index (Phi) is 5.97. The average Bonchev–Trinajstić information content (AvgIpc) is 2.69. The maximum Gasteiger partial charge on any atom is 0.419 e. The number of carbonyl (C=O) groups is 1. The molecule has 0 atom stereocenters. The van der Waals surface area contributed by atoms with Gasteiger partial charge in [0.05, 0.1) is 11.0 Å². The second-order valence-corrected chi connectivity index (χ2v) is 7.63. The molecule has 0 spiro atoms. The predicted molar refractivity (Wildman–Crippen MR) is 109 cm³/mol. The van der Waals surface area contributed by atoms with Gasteiger partial charge in [-0.2, -0.15) is 13.2 Å². The van der Waals surface area contributed by atoms with Crippen molar-refractivity contribution in [2.24, 2.45) is 0 Å². The number of hydrogen-bond donors (Lipinski definition) is 1. The van der Waals surface area contributed by atoms with E-state index in [2.05, 4.69) is 5.32 Å². The van der Waals surface area contributed by atoms with Gasteiger partial charge in [-0.05, 0) is 55.2 Å². The summed E-state index contributed by atoms with van der Waals surface area (Å²) in [6.45, 7) is 3.37. The molecular weight excluding hydrogens is 394 g/mol. The molecule has 0 saturated heterocycles. The maximum atomic E-state index is 13.5. The molecule has 0 fully saturated rings. The van der Waals surface area contributed by atoms with Crippen molar-refractivity contribution in [1.29, 1.82) is 0 Å². The highest BCUT2D eigenvalue weighted by atomic mass is 19.4. The molecule has 0 radical (unpaired) electrons. The van der Waals surface area contributed by atoms with Gasteiger partial charge in [-0.15, -0.1) is 0 Å². The Morgan fingerprint density at radius 1 is 0.867 bits per heavy atom. The smallest absolute Gasteiger partial charge is 0.325 e. The third-order valence-electron chi connectivity index (χ3n) is 5.02. The average molecular weight is 415 g/mol. The van der Waals surface area contributed by atoms with E-state index >= 15 is 0 Å². The van der Waals surface area contributed by atoms with Crippen LogP contribution in [-0.2, 0) is 22.8 Å². The molecule has 2 nitrogen and oxygen atoms in total. The third-order valence-corrected chi connectivity index (χ3v) is 5.02. The summed E-state index contributed by atoms with van der Waals surface area (Å²) in [6.07, 6.45) is -4.08. The molecule has 0 bridgehead atoms. The molecular formula is C24H21F4NO. The molecule has 1 N–H and O–H groups in total. The van der Waals surface area contributed by atoms with E-state index in [9.17, 15) is 22.4 Å². The Balaban J connectivity index is 1.76. The summed E-state index contributed by atoms with van der Waals surface area (Å²) in [7, 11) is 0. The molecule has 156 valence electrons. The van der Waals surface area contributed by atoms with Gasteiger partial charge in [0.2, 0.25) is 5.91 Å². The van der Waals surface area contributed by atoms with Crippen LogP contribution in [0, 0.1) is 5.82 Å². The fourth-order valence-corrected chi connectivity index (χ4v) is 3.11. The standard InChI is InChI=1S/C24H21F4NO/c1-23(2,18-10-8-17(9-11-18)14-16-6-4-3-5-7-16)22(30)29-19-12-13-21(25)20(15-19)24(26,27)28/h3-13,15H,14H2,1-2H3,(H,29,30). The van der Waals surface area contributed by atoms with Crippen LogP contribution < -0.4 is 5.32 Å². The molecule has 0 saturated carbocycles. The summed E-state index contributed by atoms with van der Waals surface area (Å²) in [5.41, 5.74) is 0.437. The molecule has 0 aliphatic heterocycles. The molecule has 3 aromatic carbocycles. The summed E-state index contributed by atoms with van der Waals surface area (Å²) in [5, 5.41) is 2.47. The Hall–Kier alpha value is -3.15. The Morgan fingerprint density at radius 3 is 2.07 bits per heavy atom. The van der Waals surface area contributed by atoms with Crippen LogP contribution in [0.3, 0.4) is 0 Å². The first-order valence-electron chi connectivity index (χ1n) is 9.39. The second kappa shape index (κ2) is 8.30. The second-order valence-electron chi connectivity index (χ2n) is 7.63. The van der Waals surface area contributed by atoms with Crippen molar-refractivity contribution in [3.63, 3.8) is 0 Å². The maximum absolute atomic E-state index is 13.5. The predicted octanol–water partition coefficient (Wildman–Crippen LogP) is 6.35. The number of rotatable bonds is 5. The molecule has 3 aromatic rings. The van der Waals surface area contributed by atoms with Gasteiger partial charge in [-0.1, -0.05) is 54.6 Å². The van der Waals surface area contributed by atoms with E-state index in [1.807, 2.05) is 54.6 Å². The zero-order chi connectivity index (χ0) is 21.9. The van der Waals surface area contributed by atoms with Crippen molar-refractivity contribution in [3.8, 4) is 0 Å².